The zero-order valence-corrected chi connectivity index (χ0v) is 16.7. The molecule has 6 nitrogen and oxygen atoms in total. The average molecular weight is 480 g/mol. The summed E-state index contributed by atoms with van der Waals surface area (Å²) >= 11 is 3.39. The van der Waals surface area contributed by atoms with Crippen molar-refractivity contribution < 1.29 is 14.3 Å². The molecule has 0 atom stereocenters. The van der Waals surface area contributed by atoms with Gasteiger partial charge in [0.05, 0.1) is 11.1 Å². The van der Waals surface area contributed by atoms with E-state index in [1.54, 1.807) is 23.2 Å². The van der Waals surface area contributed by atoms with Crippen LogP contribution in [0, 0.1) is 10.1 Å². The van der Waals surface area contributed by atoms with Crippen LogP contribution in [0.2, 0.25) is 0 Å². The van der Waals surface area contributed by atoms with Gasteiger partial charge in [-0.1, -0.05) is 28.1 Å². The van der Waals surface area contributed by atoms with Crippen LogP contribution in [0.3, 0.4) is 0 Å². The molecule has 0 aliphatic rings. The van der Waals surface area contributed by atoms with Crippen molar-refractivity contribution in [3.05, 3.63) is 87.3 Å². The van der Waals surface area contributed by atoms with Crippen LogP contribution in [0.1, 0.15) is 10.4 Å². The number of carbonyl (C=O) groups is 1. The van der Waals surface area contributed by atoms with Crippen LogP contribution in [0.15, 0.2) is 71.6 Å². The van der Waals surface area contributed by atoms with E-state index in [1.165, 1.54) is 18.2 Å². The SMILES string of the molecule is Br.O=C(C[n+]1ccc(-c2ccc(Br)cc2)nc1)c1cccc([N+](=O)[O-])c1. The lowest BCUT2D eigenvalue weighted by atomic mass is 10.1. The summed E-state index contributed by atoms with van der Waals surface area (Å²) in [5, 5.41) is 10.8. The zero-order chi connectivity index (χ0) is 17.8. The molecule has 3 rings (SSSR count). The molecule has 2 aromatic carbocycles. The van der Waals surface area contributed by atoms with E-state index in [-0.39, 0.29) is 35.0 Å². The fourth-order valence-electron chi connectivity index (χ4n) is 2.32. The Hall–Kier alpha value is -2.45. The van der Waals surface area contributed by atoms with Crippen LogP contribution < -0.4 is 4.57 Å². The number of carbonyl (C=O) groups excluding carboxylic acids is 1. The lowest BCUT2D eigenvalue weighted by Gasteiger charge is -2.01. The summed E-state index contributed by atoms with van der Waals surface area (Å²) in [6, 6.07) is 15.3. The van der Waals surface area contributed by atoms with Gasteiger partial charge in [-0.2, -0.15) is 0 Å². The van der Waals surface area contributed by atoms with Crippen molar-refractivity contribution in [2.24, 2.45) is 0 Å². The third kappa shape index (κ3) is 4.80. The van der Waals surface area contributed by atoms with Gasteiger partial charge in [-0.15, -0.1) is 17.0 Å². The molecule has 0 fully saturated rings. The molecule has 8 heteroatoms. The van der Waals surface area contributed by atoms with Gasteiger partial charge in [-0.25, -0.2) is 4.57 Å². The minimum Gasteiger partial charge on any atom is -0.290 e. The number of halogens is 2. The number of Topliss-reactive ketones (excluding diaryl/α,β-unsaturated/α-hetero) is 1. The van der Waals surface area contributed by atoms with Crippen LogP contribution in [-0.4, -0.2) is 15.7 Å². The molecule has 26 heavy (non-hydrogen) atoms. The molecule has 1 heterocycles. The van der Waals surface area contributed by atoms with Gasteiger partial charge >= 0.3 is 0 Å². The molecule has 1 aromatic heterocycles. The number of nitro groups is 1. The topological polar surface area (TPSA) is 77.0 Å². The van der Waals surface area contributed by atoms with Crippen molar-refractivity contribution in [1.82, 2.24) is 4.98 Å². The number of benzene rings is 2. The van der Waals surface area contributed by atoms with Gasteiger partial charge in [-0.3, -0.25) is 14.9 Å². The number of nitrogens with zero attached hydrogens (tertiary/aromatic N) is 3. The first-order chi connectivity index (χ1) is 12.0. The van der Waals surface area contributed by atoms with Crippen molar-refractivity contribution in [1.29, 1.82) is 0 Å². The highest BCUT2D eigenvalue weighted by Gasteiger charge is 2.14. The van der Waals surface area contributed by atoms with E-state index in [0.717, 1.165) is 15.7 Å². The largest absolute Gasteiger partial charge is 0.290 e. The van der Waals surface area contributed by atoms with E-state index >= 15 is 0 Å². The molecule has 0 unspecified atom stereocenters. The summed E-state index contributed by atoms with van der Waals surface area (Å²) in [7, 11) is 0. The maximum Gasteiger partial charge on any atom is 0.287 e. The summed E-state index contributed by atoms with van der Waals surface area (Å²) in [4.78, 5) is 27.0. The molecule has 0 spiro atoms. The Labute approximate surface area is 168 Å². The van der Waals surface area contributed by atoms with Gasteiger partial charge in [0.2, 0.25) is 5.78 Å². The van der Waals surface area contributed by atoms with Crippen LogP contribution >= 0.6 is 32.9 Å². The van der Waals surface area contributed by atoms with Gasteiger partial charge in [0.25, 0.3) is 12.0 Å². The van der Waals surface area contributed by atoms with E-state index in [2.05, 4.69) is 20.9 Å². The van der Waals surface area contributed by atoms with Crippen molar-refractivity contribution in [2.75, 3.05) is 0 Å². The van der Waals surface area contributed by atoms with Gasteiger partial charge < -0.3 is 0 Å². The van der Waals surface area contributed by atoms with E-state index in [1.807, 2.05) is 30.3 Å². The summed E-state index contributed by atoms with van der Waals surface area (Å²) in [6.45, 7) is 0.0643. The summed E-state index contributed by atoms with van der Waals surface area (Å²) < 4.78 is 2.63. The first kappa shape index (κ1) is 19.9. The Morgan fingerprint density at radius 3 is 2.50 bits per heavy atom. The van der Waals surface area contributed by atoms with E-state index in [4.69, 9.17) is 0 Å². The molecular weight excluding hydrogens is 466 g/mol. The van der Waals surface area contributed by atoms with Crippen LogP contribution in [0.4, 0.5) is 5.69 Å². The van der Waals surface area contributed by atoms with Crippen LogP contribution in [-0.2, 0) is 6.54 Å². The van der Waals surface area contributed by atoms with Gasteiger partial charge in [0, 0.05) is 33.8 Å². The first-order valence-corrected chi connectivity index (χ1v) is 8.21. The fraction of sp³-hybridized carbons (Fsp3) is 0.0556. The minimum atomic E-state index is -0.515. The maximum absolute atomic E-state index is 12.3. The molecule has 0 bridgehead atoms. The van der Waals surface area contributed by atoms with E-state index < -0.39 is 4.92 Å². The van der Waals surface area contributed by atoms with Gasteiger partial charge in [0.1, 0.15) is 0 Å². The standard InChI is InChI=1S/C18H13BrN3O3.BrH/c19-15-6-4-13(5-7-15)17-8-9-21(12-20-17)11-18(23)14-2-1-3-16(10-14)22(24)25;/h1-10,12H,11H2;1H/q+1;. The predicted molar refractivity (Wildman–Crippen MR) is 105 cm³/mol. The molecule has 0 aliphatic heterocycles. The molecule has 0 saturated carbocycles. The quantitative estimate of drug-likeness (QED) is 0.238. The van der Waals surface area contributed by atoms with Gasteiger partial charge in [0.15, 0.2) is 12.2 Å². The zero-order valence-electron chi connectivity index (χ0n) is 13.4. The third-order valence-corrected chi connectivity index (χ3v) is 4.14. The lowest BCUT2D eigenvalue weighted by Crippen LogP contribution is -2.37. The molecule has 0 amide bonds. The molecular formula is C18H14Br2N3O3+. The monoisotopic (exact) mass is 478 g/mol. The van der Waals surface area contributed by atoms with Crippen LogP contribution in [0.5, 0.6) is 0 Å². The Bertz CT molecular complexity index is 929. The highest BCUT2D eigenvalue weighted by atomic mass is 79.9. The number of hydrogen-bond acceptors (Lipinski definition) is 4. The molecule has 132 valence electrons. The number of non-ortho nitro benzene ring substituents is 1. The first-order valence-electron chi connectivity index (χ1n) is 7.41. The smallest absolute Gasteiger partial charge is 0.287 e. The highest BCUT2D eigenvalue weighted by Crippen LogP contribution is 2.18. The number of hydrogen-bond donors (Lipinski definition) is 0. The van der Waals surface area contributed by atoms with E-state index in [0.29, 0.717) is 5.56 Å². The molecule has 0 N–H and O–H groups in total. The van der Waals surface area contributed by atoms with Gasteiger partial charge in [-0.05, 0) is 29.2 Å². The second kappa shape index (κ2) is 8.77. The highest BCUT2D eigenvalue weighted by molar-refractivity contribution is 9.10. The average Bonchev–Trinajstić information content (AvgIpc) is 2.63. The van der Waals surface area contributed by atoms with Crippen molar-refractivity contribution >= 4 is 44.4 Å². The number of rotatable bonds is 5. The maximum atomic E-state index is 12.3. The van der Waals surface area contributed by atoms with Crippen molar-refractivity contribution in [3.8, 4) is 11.3 Å². The summed E-state index contributed by atoms with van der Waals surface area (Å²) in [5.74, 6) is -0.216. The third-order valence-electron chi connectivity index (χ3n) is 3.61. The predicted octanol–water partition coefficient (Wildman–Crippen LogP) is 4.17. The fourth-order valence-corrected chi connectivity index (χ4v) is 2.58. The Balaban J connectivity index is 0.00000243. The Kier molecular flexibility index (Phi) is 6.70. The summed E-state index contributed by atoms with van der Waals surface area (Å²) in [6.07, 6.45) is 3.34. The normalized spacial score (nSPS) is 10.0. The molecule has 0 saturated heterocycles. The molecule has 0 aliphatic carbocycles. The number of nitro benzene ring substituents is 1. The number of ketones is 1. The second-order valence-electron chi connectivity index (χ2n) is 5.36. The van der Waals surface area contributed by atoms with Crippen LogP contribution in [0.25, 0.3) is 11.3 Å². The summed E-state index contributed by atoms with van der Waals surface area (Å²) in [5.41, 5.74) is 1.98. The molecule has 3 aromatic rings. The number of aromatic nitrogens is 2. The second-order valence-corrected chi connectivity index (χ2v) is 6.27. The van der Waals surface area contributed by atoms with Crippen molar-refractivity contribution in [2.45, 2.75) is 6.54 Å². The van der Waals surface area contributed by atoms with E-state index in [9.17, 15) is 14.9 Å². The molecule has 0 radical (unpaired) electrons. The minimum absolute atomic E-state index is 0. The Morgan fingerprint density at radius 1 is 1.15 bits per heavy atom. The Morgan fingerprint density at radius 2 is 1.88 bits per heavy atom. The lowest BCUT2D eigenvalue weighted by molar-refractivity contribution is -0.686. The van der Waals surface area contributed by atoms with Crippen molar-refractivity contribution in [3.63, 3.8) is 0 Å².